The van der Waals surface area contributed by atoms with Gasteiger partial charge in [0.15, 0.2) is 0 Å². The van der Waals surface area contributed by atoms with Crippen LogP contribution in [0, 0.1) is 11.2 Å². The largest absolute Gasteiger partial charge is 0.493 e. The molecule has 1 saturated heterocycles. The minimum absolute atomic E-state index is 0.00322. The molecule has 1 aromatic heterocycles. The number of carboxylic acid groups (broad SMARTS) is 1. The summed E-state index contributed by atoms with van der Waals surface area (Å²) in [7, 11) is 0. The highest BCUT2D eigenvalue weighted by molar-refractivity contribution is 5.96. The van der Waals surface area contributed by atoms with Crippen molar-refractivity contribution >= 4 is 17.7 Å². The number of amides is 1. The van der Waals surface area contributed by atoms with E-state index in [1.807, 2.05) is 26.0 Å². The summed E-state index contributed by atoms with van der Waals surface area (Å²) in [6.45, 7) is 8.72. The Morgan fingerprint density at radius 3 is 2.30 bits per heavy atom. The minimum atomic E-state index is -1.05. The molecule has 3 aromatic rings. The van der Waals surface area contributed by atoms with Crippen LogP contribution < -0.4 is 19.7 Å². The van der Waals surface area contributed by atoms with E-state index < -0.39 is 5.97 Å². The highest BCUT2D eigenvalue weighted by atomic mass is 19.1. The third-order valence-electron chi connectivity index (χ3n) is 7.36. The summed E-state index contributed by atoms with van der Waals surface area (Å²) in [5.41, 5.74) is 2.51. The first-order chi connectivity index (χ1) is 19.3. The number of carbonyl (C=O) groups is 2. The Labute approximate surface area is 234 Å². The van der Waals surface area contributed by atoms with Gasteiger partial charge in [0.2, 0.25) is 5.91 Å². The van der Waals surface area contributed by atoms with Crippen molar-refractivity contribution in [1.29, 1.82) is 0 Å². The lowest BCUT2D eigenvalue weighted by Crippen LogP contribution is -2.31. The first-order valence-corrected chi connectivity index (χ1v) is 13.7. The van der Waals surface area contributed by atoms with Crippen molar-refractivity contribution < 1.29 is 28.6 Å². The van der Waals surface area contributed by atoms with Gasteiger partial charge in [0.05, 0.1) is 24.3 Å². The molecule has 4 rings (SSSR count). The third kappa shape index (κ3) is 6.59. The predicted molar refractivity (Wildman–Crippen MR) is 151 cm³/mol. The van der Waals surface area contributed by atoms with Gasteiger partial charge in [0, 0.05) is 25.7 Å². The van der Waals surface area contributed by atoms with E-state index in [1.165, 1.54) is 24.4 Å². The molecule has 0 radical (unpaired) electrons. The van der Waals surface area contributed by atoms with Crippen molar-refractivity contribution in [3.8, 4) is 22.6 Å². The van der Waals surface area contributed by atoms with Crippen LogP contribution in [0.15, 0.2) is 54.7 Å². The van der Waals surface area contributed by atoms with Gasteiger partial charge in [-0.15, -0.1) is 0 Å². The fourth-order valence-electron chi connectivity index (χ4n) is 5.13. The molecule has 0 bridgehead atoms. The molecule has 9 heteroatoms. The number of halogens is 1. The molecule has 2 N–H and O–H groups in total. The number of hydrogen-bond acceptors (Lipinski definition) is 6. The summed E-state index contributed by atoms with van der Waals surface area (Å²) >= 11 is 0. The van der Waals surface area contributed by atoms with Crippen molar-refractivity contribution in [3.63, 3.8) is 0 Å². The molecule has 212 valence electrons. The number of aromatic carboxylic acids is 1. The van der Waals surface area contributed by atoms with Crippen LogP contribution in [0.5, 0.6) is 11.5 Å². The van der Waals surface area contributed by atoms with Gasteiger partial charge in [0.25, 0.3) is 0 Å². The molecular formula is C31H36FN3O5. The number of nitrogens with one attached hydrogen (secondary N) is 1. The van der Waals surface area contributed by atoms with Crippen LogP contribution in [0.2, 0.25) is 0 Å². The van der Waals surface area contributed by atoms with E-state index in [4.69, 9.17) is 14.6 Å². The van der Waals surface area contributed by atoms with Gasteiger partial charge in [0.1, 0.15) is 23.1 Å². The van der Waals surface area contributed by atoms with Crippen molar-refractivity contribution in [3.05, 3.63) is 71.7 Å². The van der Waals surface area contributed by atoms with Crippen LogP contribution in [0.1, 0.15) is 56.0 Å². The maximum atomic E-state index is 13.6. The first-order valence-electron chi connectivity index (χ1n) is 13.7. The van der Waals surface area contributed by atoms with Crippen LogP contribution in [0.4, 0.5) is 10.2 Å². The number of anilines is 1. The standard InChI is InChI=1S/C31H36FN3O5/c1-4-31(17-28(36)35(20-31)27-12-9-23(19-34-27)30(37)38)13-14-33-18-21-15-25(39-5-2)29(26(16-21)40-6-3)22-7-10-24(32)11-8-22/h7-12,15-16,19,33H,4-6,13-14,17-18,20H2,1-3H3,(H,37,38). The molecule has 2 aromatic carbocycles. The van der Waals surface area contributed by atoms with Gasteiger partial charge >= 0.3 is 5.97 Å². The van der Waals surface area contributed by atoms with Crippen LogP contribution in [-0.2, 0) is 11.3 Å². The van der Waals surface area contributed by atoms with E-state index >= 15 is 0 Å². The van der Waals surface area contributed by atoms with Gasteiger partial charge in [-0.1, -0.05) is 19.1 Å². The number of pyridine rings is 1. The predicted octanol–water partition coefficient (Wildman–Crippen LogP) is 5.70. The zero-order chi connectivity index (χ0) is 28.7. The van der Waals surface area contributed by atoms with Gasteiger partial charge in [-0.05, 0) is 86.2 Å². The number of carboxylic acids is 1. The van der Waals surface area contributed by atoms with E-state index in [0.29, 0.717) is 56.6 Å². The number of nitrogens with zero attached hydrogens (tertiary/aromatic N) is 2. The Kier molecular flexibility index (Phi) is 9.37. The average Bonchev–Trinajstić information content (AvgIpc) is 3.29. The molecule has 1 amide bonds. The second-order valence-electron chi connectivity index (χ2n) is 9.99. The lowest BCUT2D eigenvalue weighted by atomic mass is 9.81. The van der Waals surface area contributed by atoms with Crippen molar-refractivity contribution in [2.75, 3.05) is 31.2 Å². The van der Waals surface area contributed by atoms with Crippen LogP contribution >= 0.6 is 0 Å². The molecule has 2 heterocycles. The van der Waals surface area contributed by atoms with Gasteiger partial charge in [-0.3, -0.25) is 9.69 Å². The zero-order valence-corrected chi connectivity index (χ0v) is 23.2. The molecule has 1 unspecified atom stereocenters. The molecule has 0 spiro atoms. The molecule has 1 aliphatic heterocycles. The topological polar surface area (TPSA) is 101 Å². The van der Waals surface area contributed by atoms with E-state index in [1.54, 1.807) is 23.1 Å². The minimum Gasteiger partial charge on any atom is -0.493 e. The number of aromatic nitrogens is 1. The number of hydrogen-bond donors (Lipinski definition) is 2. The zero-order valence-electron chi connectivity index (χ0n) is 23.2. The highest BCUT2D eigenvalue weighted by Crippen LogP contribution is 2.41. The number of carbonyl (C=O) groups excluding carboxylic acids is 1. The van der Waals surface area contributed by atoms with Crippen molar-refractivity contribution in [2.45, 2.75) is 46.6 Å². The molecule has 40 heavy (non-hydrogen) atoms. The highest BCUT2D eigenvalue weighted by Gasteiger charge is 2.42. The number of rotatable bonds is 13. The summed E-state index contributed by atoms with van der Waals surface area (Å²) in [4.78, 5) is 29.9. The Hall–Kier alpha value is -3.98. The number of ether oxygens (including phenoxy) is 2. The van der Waals surface area contributed by atoms with Crippen molar-refractivity contribution in [2.24, 2.45) is 5.41 Å². The van der Waals surface area contributed by atoms with E-state index in [-0.39, 0.29) is 22.7 Å². The summed E-state index contributed by atoms with van der Waals surface area (Å²) in [6, 6.07) is 13.3. The van der Waals surface area contributed by atoms with Crippen LogP contribution in [0.25, 0.3) is 11.1 Å². The van der Waals surface area contributed by atoms with Gasteiger partial charge in [-0.25, -0.2) is 14.2 Å². The number of benzene rings is 2. The summed E-state index contributed by atoms with van der Waals surface area (Å²) < 4.78 is 25.5. The molecule has 1 aliphatic rings. The quantitative estimate of drug-likeness (QED) is 0.264. The maximum absolute atomic E-state index is 13.6. The second kappa shape index (κ2) is 12.9. The van der Waals surface area contributed by atoms with Crippen LogP contribution in [-0.4, -0.2) is 48.3 Å². The summed E-state index contributed by atoms with van der Waals surface area (Å²) in [5, 5.41) is 12.6. The van der Waals surface area contributed by atoms with E-state index in [9.17, 15) is 14.0 Å². The Balaban J connectivity index is 1.44. The fraction of sp³-hybridized carbons (Fsp3) is 0.387. The fourth-order valence-corrected chi connectivity index (χ4v) is 5.13. The molecule has 0 aliphatic carbocycles. The van der Waals surface area contributed by atoms with Crippen LogP contribution in [0.3, 0.4) is 0 Å². The SMILES string of the molecule is CCOc1cc(CNCCC2(CC)CC(=O)N(c3ccc(C(=O)O)cn3)C2)cc(OCC)c1-c1ccc(F)cc1. The smallest absolute Gasteiger partial charge is 0.337 e. The Morgan fingerprint density at radius 1 is 1.07 bits per heavy atom. The summed E-state index contributed by atoms with van der Waals surface area (Å²) in [5.74, 6) is 0.487. The monoisotopic (exact) mass is 549 g/mol. The Morgan fingerprint density at radius 2 is 1.75 bits per heavy atom. The second-order valence-corrected chi connectivity index (χ2v) is 9.99. The van der Waals surface area contributed by atoms with Crippen molar-refractivity contribution in [1.82, 2.24) is 10.3 Å². The third-order valence-corrected chi connectivity index (χ3v) is 7.36. The molecule has 0 saturated carbocycles. The molecule has 1 atom stereocenters. The maximum Gasteiger partial charge on any atom is 0.337 e. The normalized spacial score (nSPS) is 16.8. The van der Waals surface area contributed by atoms with E-state index in [2.05, 4.69) is 17.2 Å². The average molecular weight is 550 g/mol. The summed E-state index contributed by atoms with van der Waals surface area (Å²) in [6.07, 6.45) is 3.33. The molecular weight excluding hydrogens is 513 g/mol. The first kappa shape index (κ1) is 29.0. The van der Waals surface area contributed by atoms with E-state index in [0.717, 1.165) is 29.5 Å². The van der Waals surface area contributed by atoms with Gasteiger partial charge in [-0.2, -0.15) is 0 Å². The Bertz CT molecular complexity index is 1300. The lowest BCUT2D eigenvalue weighted by Gasteiger charge is -2.27. The van der Waals surface area contributed by atoms with Gasteiger partial charge < -0.3 is 19.9 Å². The molecule has 1 fully saturated rings. The molecule has 8 nitrogen and oxygen atoms in total. The lowest BCUT2D eigenvalue weighted by molar-refractivity contribution is -0.117.